The second kappa shape index (κ2) is 10.3. The largest absolute Gasteiger partial charge is 0.147 e. The Morgan fingerprint density at radius 3 is 1.63 bits per heavy atom. The first-order valence-corrected chi connectivity index (χ1v) is 7.03. The van der Waals surface area contributed by atoms with Gasteiger partial charge in [-0.15, -0.1) is 24.8 Å². The van der Waals surface area contributed by atoms with Crippen LogP contribution in [0.25, 0.3) is 0 Å². The van der Waals surface area contributed by atoms with Gasteiger partial charge in [0.15, 0.2) is 0 Å². The molecule has 19 heavy (non-hydrogen) atoms. The van der Waals surface area contributed by atoms with E-state index < -0.39 is 19.8 Å². The van der Waals surface area contributed by atoms with Crippen molar-refractivity contribution in [3.63, 3.8) is 0 Å². The Hall–Kier alpha value is -0.506. The van der Waals surface area contributed by atoms with Gasteiger partial charge in [0, 0.05) is 0 Å². The van der Waals surface area contributed by atoms with E-state index in [4.69, 9.17) is 3.32 Å². The summed E-state index contributed by atoms with van der Waals surface area (Å²) >= 11 is -0.607. The zero-order valence-corrected chi connectivity index (χ0v) is 13.8. The van der Waals surface area contributed by atoms with Crippen LogP contribution < -0.4 is 3.38 Å². The van der Waals surface area contributed by atoms with Gasteiger partial charge in [-0.05, 0) is 0 Å². The average Bonchev–Trinajstić information content (AvgIpc) is 2.42. The van der Waals surface area contributed by atoms with Crippen molar-refractivity contribution in [2.45, 2.75) is 6.92 Å². The Labute approximate surface area is 136 Å². The summed E-state index contributed by atoms with van der Waals surface area (Å²) in [4.78, 5) is 0. The molecule has 0 aromatic heterocycles. The zero-order chi connectivity index (χ0) is 11.9. The summed E-state index contributed by atoms with van der Waals surface area (Å²) in [5, 5.41) is 0. The minimum Gasteiger partial charge on any atom is -0.147 e. The normalized spacial score (nSPS) is 8.89. The van der Waals surface area contributed by atoms with E-state index >= 15 is 0 Å². The molecular formula is C14H17Cl2NOTi. The molecule has 0 amide bonds. The molecule has 0 atom stereocenters. The maximum atomic E-state index is 5.66. The van der Waals surface area contributed by atoms with Crippen LogP contribution in [0.1, 0.15) is 6.92 Å². The summed E-state index contributed by atoms with van der Waals surface area (Å²) in [5.41, 5.74) is 2.40. The fourth-order valence-electron chi connectivity index (χ4n) is 1.54. The maximum absolute atomic E-state index is 5.66. The van der Waals surface area contributed by atoms with Gasteiger partial charge in [0.25, 0.3) is 0 Å². The Kier molecular flexibility index (Phi) is 10.0. The van der Waals surface area contributed by atoms with Crippen molar-refractivity contribution in [2.75, 3.05) is 9.99 Å². The quantitative estimate of drug-likeness (QED) is 0.740. The number of anilines is 2. The van der Waals surface area contributed by atoms with E-state index in [-0.39, 0.29) is 24.8 Å². The van der Waals surface area contributed by atoms with Crippen molar-refractivity contribution >= 4 is 36.2 Å². The van der Waals surface area contributed by atoms with Gasteiger partial charge < -0.3 is 0 Å². The fraction of sp³-hybridized carbons (Fsp3) is 0.143. The molecule has 0 bridgehead atoms. The van der Waals surface area contributed by atoms with Crippen LogP contribution in [-0.2, 0) is 23.1 Å². The SMILES string of the molecule is CC[O][Ti][N](c1ccccc1)c1ccccc1.Cl.Cl. The van der Waals surface area contributed by atoms with Gasteiger partial charge in [-0.1, -0.05) is 0 Å². The molecule has 0 saturated carbocycles. The molecule has 0 heterocycles. The van der Waals surface area contributed by atoms with Gasteiger partial charge >= 0.3 is 112 Å². The maximum Gasteiger partial charge on any atom is -0.147 e. The van der Waals surface area contributed by atoms with Crippen LogP contribution in [-0.4, -0.2) is 6.61 Å². The predicted octanol–water partition coefficient (Wildman–Crippen LogP) is 4.62. The second-order valence-corrected chi connectivity index (χ2v) is 4.97. The van der Waals surface area contributed by atoms with Gasteiger partial charge in [0.1, 0.15) is 0 Å². The number of halogens is 2. The Morgan fingerprint density at radius 1 is 0.842 bits per heavy atom. The van der Waals surface area contributed by atoms with Crippen LogP contribution in [0.4, 0.5) is 11.4 Å². The van der Waals surface area contributed by atoms with Crippen LogP contribution >= 0.6 is 24.8 Å². The molecule has 2 nitrogen and oxygen atoms in total. The summed E-state index contributed by atoms with van der Waals surface area (Å²) < 4.78 is 7.94. The van der Waals surface area contributed by atoms with E-state index in [1.807, 2.05) is 19.1 Å². The standard InChI is InChI=1S/C12H10N.C2H5O.2ClH.Ti/c1-3-7-11(8-4-1)13-12-9-5-2-6-10-12;1-2-3;;;/h1-10H;2H2,1H3;2*1H;/q2*-1;;;+2. The molecule has 2 aromatic rings. The third kappa shape index (κ3) is 5.56. The first-order chi connectivity index (χ1) is 8.42. The Balaban J connectivity index is 0.00000162. The summed E-state index contributed by atoms with van der Waals surface area (Å²) in [5.74, 6) is 0. The third-order valence-electron chi connectivity index (χ3n) is 2.33. The topological polar surface area (TPSA) is 12.5 Å². The Bertz CT molecular complexity index is 402. The number of rotatable bonds is 5. The van der Waals surface area contributed by atoms with E-state index in [9.17, 15) is 0 Å². The number of hydrogen-bond donors (Lipinski definition) is 0. The molecule has 0 saturated heterocycles. The summed E-state index contributed by atoms with van der Waals surface area (Å²) in [6.07, 6.45) is 0. The summed E-state index contributed by atoms with van der Waals surface area (Å²) in [6.45, 7) is 2.81. The summed E-state index contributed by atoms with van der Waals surface area (Å²) in [7, 11) is 0. The molecule has 0 N–H and O–H groups in total. The smallest absolute Gasteiger partial charge is 0.147 e. The van der Waals surface area contributed by atoms with Crippen LogP contribution in [0, 0.1) is 0 Å². The molecule has 0 fully saturated rings. The van der Waals surface area contributed by atoms with Crippen LogP contribution in [0.3, 0.4) is 0 Å². The minimum absolute atomic E-state index is 0. The summed E-state index contributed by atoms with van der Waals surface area (Å²) in [6, 6.07) is 20.8. The molecule has 102 valence electrons. The molecular weight excluding hydrogens is 317 g/mol. The van der Waals surface area contributed by atoms with Gasteiger partial charge in [0.2, 0.25) is 0 Å². The number of para-hydroxylation sites is 2. The zero-order valence-electron chi connectivity index (χ0n) is 10.7. The van der Waals surface area contributed by atoms with Crippen molar-refractivity contribution in [1.29, 1.82) is 0 Å². The van der Waals surface area contributed by atoms with Gasteiger partial charge in [0.05, 0.1) is 0 Å². The van der Waals surface area contributed by atoms with E-state index in [2.05, 4.69) is 51.9 Å². The van der Waals surface area contributed by atoms with E-state index in [0.29, 0.717) is 0 Å². The number of benzene rings is 2. The molecule has 0 radical (unpaired) electrons. The van der Waals surface area contributed by atoms with Gasteiger partial charge in [-0.3, -0.25) is 0 Å². The van der Waals surface area contributed by atoms with Crippen molar-refractivity contribution < 1.29 is 23.1 Å². The van der Waals surface area contributed by atoms with Crippen LogP contribution in [0.15, 0.2) is 60.7 Å². The van der Waals surface area contributed by atoms with Crippen molar-refractivity contribution in [3.8, 4) is 0 Å². The average molecular weight is 334 g/mol. The van der Waals surface area contributed by atoms with Crippen molar-refractivity contribution in [1.82, 2.24) is 0 Å². The van der Waals surface area contributed by atoms with Crippen molar-refractivity contribution in [3.05, 3.63) is 60.7 Å². The molecule has 0 spiro atoms. The predicted molar refractivity (Wildman–Crippen MR) is 81.1 cm³/mol. The first kappa shape index (κ1) is 18.5. The van der Waals surface area contributed by atoms with Crippen LogP contribution in [0.5, 0.6) is 0 Å². The van der Waals surface area contributed by atoms with E-state index in [1.54, 1.807) is 0 Å². The van der Waals surface area contributed by atoms with Gasteiger partial charge in [-0.2, -0.15) is 0 Å². The van der Waals surface area contributed by atoms with Gasteiger partial charge in [-0.25, -0.2) is 0 Å². The molecule has 0 aliphatic heterocycles. The molecule has 0 aliphatic rings. The minimum atomic E-state index is -0.607. The molecule has 0 unspecified atom stereocenters. The number of nitrogens with zero attached hydrogens (tertiary/aromatic N) is 1. The molecule has 2 aromatic carbocycles. The fourth-order valence-corrected chi connectivity index (χ4v) is 2.74. The third-order valence-corrected chi connectivity index (χ3v) is 4.07. The van der Waals surface area contributed by atoms with Crippen LogP contribution in [0.2, 0.25) is 0 Å². The molecule has 5 heteroatoms. The second-order valence-electron chi connectivity index (χ2n) is 3.53. The van der Waals surface area contributed by atoms with E-state index in [0.717, 1.165) is 6.61 Å². The van der Waals surface area contributed by atoms with E-state index in [1.165, 1.54) is 11.4 Å². The molecule has 2 rings (SSSR count). The first-order valence-electron chi connectivity index (χ1n) is 5.69. The Morgan fingerprint density at radius 2 is 1.26 bits per heavy atom. The van der Waals surface area contributed by atoms with Crippen molar-refractivity contribution in [2.24, 2.45) is 0 Å². The monoisotopic (exact) mass is 333 g/mol. The number of hydrogen-bond acceptors (Lipinski definition) is 2. The molecule has 0 aliphatic carbocycles.